The first kappa shape index (κ1) is 10.1. The minimum Gasteiger partial charge on any atom is -0.242 e. The van der Waals surface area contributed by atoms with Crippen LogP contribution in [-0.2, 0) is 0 Å². The van der Waals surface area contributed by atoms with Crippen molar-refractivity contribution in [3.8, 4) is 0 Å². The van der Waals surface area contributed by atoms with Crippen molar-refractivity contribution >= 4 is 22.6 Å². The summed E-state index contributed by atoms with van der Waals surface area (Å²) in [5.74, 6) is 0. The largest absolute Gasteiger partial charge is 0.242 e. The van der Waals surface area contributed by atoms with E-state index in [4.69, 9.17) is 11.6 Å². The zero-order valence-electron chi connectivity index (χ0n) is 9.06. The monoisotopic (exact) mass is 235 g/mol. The minimum atomic E-state index is 0.528. The van der Waals surface area contributed by atoms with E-state index < -0.39 is 0 Å². The summed E-state index contributed by atoms with van der Waals surface area (Å²) in [5, 5.41) is 9.18. The Hall–Kier alpha value is -1.09. The Morgan fingerprint density at radius 2 is 2.00 bits per heavy atom. The maximum Gasteiger partial charge on any atom is 0.114 e. The standard InChI is InChI=1S/C12H14ClN3/c13-9-6-7-12-11(8-9)14-15-16(12)10-4-2-1-3-5-10/h6-8,10H,1-5H2. The molecule has 1 fully saturated rings. The molecule has 0 saturated heterocycles. The first-order valence-electron chi connectivity index (χ1n) is 5.85. The van der Waals surface area contributed by atoms with Crippen LogP contribution in [0.5, 0.6) is 0 Å². The number of benzene rings is 1. The predicted octanol–water partition coefficient (Wildman–Crippen LogP) is 3.59. The number of hydrogen-bond donors (Lipinski definition) is 0. The number of fused-ring (bicyclic) bond motifs is 1. The summed E-state index contributed by atoms with van der Waals surface area (Å²) in [6, 6.07) is 6.34. The molecule has 3 nitrogen and oxygen atoms in total. The quantitative estimate of drug-likeness (QED) is 0.756. The van der Waals surface area contributed by atoms with Gasteiger partial charge in [0.25, 0.3) is 0 Å². The lowest BCUT2D eigenvalue weighted by Gasteiger charge is -2.21. The lowest BCUT2D eigenvalue weighted by molar-refractivity contribution is 0.331. The second-order valence-electron chi connectivity index (χ2n) is 4.46. The van der Waals surface area contributed by atoms with Crippen LogP contribution in [0.3, 0.4) is 0 Å². The van der Waals surface area contributed by atoms with Crippen molar-refractivity contribution in [2.45, 2.75) is 38.1 Å². The molecule has 0 radical (unpaired) electrons. The minimum absolute atomic E-state index is 0.528. The van der Waals surface area contributed by atoms with E-state index in [-0.39, 0.29) is 0 Å². The molecule has 16 heavy (non-hydrogen) atoms. The SMILES string of the molecule is Clc1ccc2c(c1)nnn2C1CCCCC1. The van der Waals surface area contributed by atoms with E-state index in [1.807, 2.05) is 18.2 Å². The molecule has 0 unspecified atom stereocenters. The highest BCUT2D eigenvalue weighted by Gasteiger charge is 2.18. The van der Waals surface area contributed by atoms with E-state index in [9.17, 15) is 0 Å². The Bertz CT molecular complexity index is 500. The maximum absolute atomic E-state index is 5.94. The van der Waals surface area contributed by atoms with Gasteiger partial charge in [0.2, 0.25) is 0 Å². The van der Waals surface area contributed by atoms with Gasteiger partial charge >= 0.3 is 0 Å². The molecule has 1 aliphatic carbocycles. The van der Waals surface area contributed by atoms with Crippen LogP contribution >= 0.6 is 11.6 Å². The van der Waals surface area contributed by atoms with E-state index in [1.54, 1.807) is 0 Å². The van der Waals surface area contributed by atoms with Gasteiger partial charge in [0, 0.05) is 5.02 Å². The third kappa shape index (κ3) is 1.69. The van der Waals surface area contributed by atoms with Crippen LogP contribution in [0.4, 0.5) is 0 Å². The second kappa shape index (κ2) is 4.06. The van der Waals surface area contributed by atoms with Gasteiger partial charge in [-0.15, -0.1) is 5.10 Å². The summed E-state index contributed by atoms with van der Waals surface area (Å²) in [5.41, 5.74) is 2.01. The fourth-order valence-corrected chi connectivity index (χ4v) is 2.68. The third-order valence-electron chi connectivity index (χ3n) is 3.35. The maximum atomic E-state index is 5.94. The van der Waals surface area contributed by atoms with Crippen LogP contribution in [0.1, 0.15) is 38.1 Å². The van der Waals surface area contributed by atoms with E-state index in [0.29, 0.717) is 6.04 Å². The van der Waals surface area contributed by atoms with Gasteiger partial charge in [-0.25, -0.2) is 4.68 Å². The van der Waals surface area contributed by atoms with Gasteiger partial charge in [0.05, 0.1) is 11.6 Å². The van der Waals surface area contributed by atoms with Crippen LogP contribution in [0.25, 0.3) is 11.0 Å². The van der Waals surface area contributed by atoms with Crippen molar-refractivity contribution < 1.29 is 0 Å². The molecule has 1 heterocycles. The Morgan fingerprint density at radius 1 is 1.19 bits per heavy atom. The van der Waals surface area contributed by atoms with Gasteiger partial charge in [0.1, 0.15) is 5.52 Å². The summed E-state index contributed by atoms with van der Waals surface area (Å²) < 4.78 is 2.07. The summed E-state index contributed by atoms with van der Waals surface area (Å²) in [6.07, 6.45) is 6.41. The highest BCUT2D eigenvalue weighted by Crippen LogP contribution is 2.30. The van der Waals surface area contributed by atoms with E-state index in [2.05, 4.69) is 15.0 Å². The summed E-state index contributed by atoms with van der Waals surface area (Å²) in [4.78, 5) is 0. The lowest BCUT2D eigenvalue weighted by atomic mass is 9.95. The Labute approximate surface area is 99.4 Å². The van der Waals surface area contributed by atoms with E-state index >= 15 is 0 Å². The number of nitrogens with zero attached hydrogens (tertiary/aromatic N) is 3. The Balaban J connectivity index is 2.03. The molecule has 1 aromatic heterocycles. The molecule has 1 aromatic carbocycles. The van der Waals surface area contributed by atoms with Crippen LogP contribution in [-0.4, -0.2) is 15.0 Å². The van der Waals surface area contributed by atoms with E-state index in [0.717, 1.165) is 16.1 Å². The molecule has 0 spiro atoms. The highest BCUT2D eigenvalue weighted by molar-refractivity contribution is 6.31. The fraction of sp³-hybridized carbons (Fsp3) is 0.500. The number of hydrogen-bond acceptors (Lipinski definition) is 2. The van der Waals surface area contributed by atoms with Crippen molar-refractivity contribution in [2.75, 3.05) is 0 Å². The Kier molecular flexibility index (Phi) is 2.56. The third-order valence-corrected chi connectivity index (χ3v) is 3.59. The molecule has 1 saturated carbocycles. The smallest absolute Gasteiger partial charge is 0.114 e. The zero-order valence-corrected chi connectivity index (χ0v) is 9.82. The molecule has 0 aliphatic heterocycles. The van der Waals surface area contributed by atoms with E-state index in [1.165, 1.54) is 32.1 Å². The molecule has 4 heteroatoms. The van der Waals surface area contributed by atoms with Crippen LogP contribution in [0, 0.1) is 0 Å². The van der Waals surface area contributed by atoms with Crippen LogP contribution in [0.2, 0.25) is 5.02 Å². The normalized spacial score (nSPS) is 18.1. The van der Waals surface area contributed by atoms with Gasteiger partial charge in [-0.2, -0.15) is 0 Å². The van der Waals surface area contributed by atoms with Gasteiger partial charge in [-0.3, -0.25) is 0 Å². The molecule has 3 rings (SSSR count). The van der Waals surface area contributed by atoms with Gasteiger partial charge in [-0.05, 0) is 31.0 Å². The van der Waals surface area contributed by atoms with Gasteiger partial charge < -0.3 is 0 Å². The van der Waals surface area contributed by atoms with Gasteiger partial charge in [0.15, 0.2) is 0 Å². The van der Waals surface area contributed by atoms with Crippen LogP contribution < -0.4 is 0 Å². The molecular formula is C12H14ClN3. The first-order valence-corrected chi connectivity index (χ1v) is 6.23. The lowest BCUT2D eigenvalue weighted by Crippen LogP contribution is -2.14. The predicted molar refractivity (Wildman–Crippen MR) is 64.7 cm³/mol. The summed E-state index contributed by atoms with van der Waals surface area (Å²) in [6.45, 7) is 0. The van der Waals surface area contributed by atoms with Crippen molar-refractivity contribution in [3.63, 3.8) is 0 Å². The average molecular weight is 236 g/mol. The first-order chi connectivity index (χ1) is 7.84. The second-order valence-corrected chi connectivity index (χ2v) is 4.90. The zero-order chi connectivity index (χ0) is 11.0. The molecule has 0 bridgehead atoms. The van der Waals surface area contributed by atoms with Crippen molar-refractivity contribution in [1.29, 1.82) is 0 Å². The van der Waals surface area contributed by atoms with Crippen molar-refractivity contribution in [3.05, 3.63) is 23.2 Å². The van der Waals surface area contributed by atoms with Crippen LogP contribution in [0.15, 0.2) is 18.2 Å². The Morgan fingerprint density at radius 3 is 2.81 bits per heavy atom. The molecule has 0 amide bonds. The fourth-order valence-electron chi connectivity index (χ4n) is 2.51. The topological polar surface area (TPSA) is 30.7 Å². The van der Waals surface area contributed by atoms with Gasteiger partial charge in [-0.1, -0.05) is 36.1 Å². The average Bonchev–Trinajstić information content (AvgIpc) is 2.73. The highest BCUT2D eigenvalue weighted by atomic mass is 35.5. The molecule has 0 atom stereocenters. The molecule has 84 valence electrons. The molecule has 2 aromatic rings. The van der Waals surface area contributed by atoms with Crippen molar-refractivity contribution in [1.82, 2.24) is 15.0 Å². The molecular weight excluding hydrogens is 222 g/mol. The summed E-state index contributed by atoms with van der Waals surface area (Å²) in [7, 11) is 0. The molecule has 1 aliphatic rings. The number of rotatable bonds is 1. The van der Waals surface area contributed by atoms with Crippen molar-refractivity contribution in [2.24, 2.45) is 0 Å². The molecule has 0 N–H and O–H groups in total. The number of aromatic nitrogens is 3. The summed E-state index contributed by atoms with van der Waals surface area (Å²) >= 11 is 5.94. The number of halogens is 1.